The van der Waals surface area contributed by atoms with E-state index in [-0.39, 0.29) is 50.0 Å². The van der Waals surface area contributed by atoms with Crippen molar-refractivity contribution in [2.75, 3.05) is 0 Å². The summed E-state index contributed by atoms with van der Waals surface area (Å²) < 4.78 is 0. The predicted octanol–water partition coefficient (Wildman–Crippen LogP) is 1.39. The second-order valence-electron chi connectivity index (χ2n) is 0.0583. The van der Waals surface area contributed by atoms with Gasteiger partial charge in [0, 0.05) is 50.0 Å². The molecule has 0 unspecified atom stereocenters. The van der Waals surface area contributed by atoms with Gasteiger partial charge in [-0.15, -0.1) is 0 Å². The van der Waals surface area contributed by atoms with Gasteiger partial charge < -0.3 is 0 Å². The molecule has 0 aliphatic rings. The van der Waals surface area contributed by atoms with Crippen LogP contribution in [-0.4, -0.2) is 8.46 Å². The van der Waals surface area contributed by atoms with Gasteiger partial charge in [0.1, 0.15) is 0 Å². The van der Waals surface area contributed by atoms with Gasteiger partial charge in [0.15, 0.2) is 0 Å². The minimum atomic E-state index is 0. The van der Waals surface area contributed by atoms with Crippen molar-refractivity contribution in [3.63, 3.8) is 0 Å². The summed E-state index contributed by atoms with van der Waals surface area (Å²) in [5.74, 6) is 0. The average Bonchev–Trinajstić information content (AvgIpc) is 0.918. The van der Waals surface area contributed by atoms with Crippen LogP contribution in [0.15, 0.2) is 0 Å². The first kappa shape index (κ1) is 15.9. The molecule has 5 heavy (non-hydrogen) atoms. The van der Waals surface area contributed by atoms with Gasteiger partial charge in [-0.25, -0.2) is 0 Å². The number of hydrogen-bond acceptors (Lipinski definition) is 0. The summed E-state index contributed by atoms with van der Waals surface area (Å²) in [6, 6.07) is 0. The Morgan fingerprint density at radius 1 is 1.20 bits per heavy atom. The molecule has 0 aromatic heterocycles. The maximum absolute atomic E-state index is 2.34. The van der Waals surface area contributed by atoms with E-state index in [9.17, 15) is 0 Å². The van der Waals surface area contributed by atoms with E-state index >= 15 is 0 Å². The monoisotopic (exact) mass is 643 g/mol. The quantitative estimate of drug-likeness (QED) is 0.278. The molecule has 0 bridgehead atoms. The molecule has 0 amide bonds. The van der Waals surface area contributed by atoms with Gasteiger partial charge in [-0.2, -0.15) is 0 Å². The Balaban J connectivity index is -0.0000000200. The Labute approximate surface area is 96.6 Å². The molecule has 0 N–H and O–H groups in total. The normalized spacial score (nSPS) is 3.60. The number of hydrogen-bond donors (Lipinski definition) is 0. The second-order valence-corrected chi connectivity index (χ2v) is 13.6. The van der Waals surface area contributed by atoms with Crippen LogP contribution in [0.4, 0.5) is 0 Å². The van der Waals surface area contributed by atoms with Gasteiger partial charge >= 0.3 is 49.1 Å². The molecule has 5 heteroatoms. The van der Waals surface area contributed by atoms with E-state index in [4.69, 9.17) is 0 Å². The topological polar surface area (TPSA) is 0 Å². The Kier molecular flexibility index (Phi) is 49.6. The maximum atomic E-state index is 2.34. The summed E-state index contributed by atoms with van der Waals surface area (Å²) in [5, 5.41) is 0. The van der Waals surface area contributed by atoms with Gasteiger partial charge in [-0.1, -0.05) is 0 Å². The van der Waals surface area contributed by atoms with Crippen molar-refractivity contribution in [3.05, 3.63) is 0 Å². The van der Waals surface area contributed by atoms with E-state index < -0.39 is 0 Å². The number of halogens is 2. The predicted molar refractivity (Wildman–Crippen MR) is 33.8 cm³/mol. The fraction of sp³-hybridized carbons (Fsp3) is 0. The summed E-state index contributed by atoms with van der Waals surface area (Å²) in [5.41, 5.74) is 0. The molecule has 0 heterocycles. The molecule has 0 fully saturated rings. The van der Waals surface area contributed by atoms with Gasteiger partial charge in [-0.05, 0) is 0 Å². The zero-order valence-electron chi connectivity index (χ0n) is 2.17. The smallest absolute Gasteiger partial charge is 0 e. The summed E-state index contributed by atoms with van der Waals surface area (Å²) in [6.45, 7) is 0. The molecule has 0 aliphatic carbocycles. The van der Waals surface area contributed by atoms with Crippen molar-refractivity contribution in [2.45, 2.75) is 0 Å². The van der Waals surface area contributed by atoms with Crippen LogP contribution in [0.25, 0.3) is 0 Å². The minimum Gasteiger partial charge on any atom is 0 e. The molecule has 33 valence electrons. The van der Waals surface area contributed by atoms with Crippen LogP contribution in [-0.2, 0) is 50.0 Å². The van der Waals surface area contributed by atoms with Crippen molar-refractivity contribution in [2.24, 2.45) is 0 Å². The average molecular weight is 641 g/mol. The molecule has 0 aromatic rings. The zero-order valence-corrected chi connectivity index (χ0v) is 15.2. The third kappa shape index (κ3) is 18.3. The third-order valence-electron chi connectivity index (χ3n) is 0. The van der Waals surface area contributed by atoms with Crippen molar-refractivity contribution < 1.29 is 50.0 Å². The minimum absolute atomic E-state index is 0. The first-order valence-corrected chi connectivity index (χ1v) is 10.8. The van der Waals surface area contributed by atoms with Crippen LogP contribution in [0.5, 0.6) is 0 Å². The van der Waals surface area contributed by atoms with Gasteiger partial charge in [0.2, 0.25) is 0 Å². The second kappa shape index (κ2) is 15.6. The summed E-state index contributed by atoms with van der Waals surface area (Å²) in [4.78, 5) is 0. The zero-order chi connectivity index (χ0) is 2.71. The SMILES string of the molecule is I[Se]I.[Ag].[Hg]. The van der Waals surface area contributed by atoms with Crippen molar-refractivity contribution in [1.29, 1.82) is 0 Å². The van der Waals surface area contributed by atoms with E-state index in [1.807, 2.05) is 0 Å². The van der Waals surface area contributed by atoms with E-state index in [2.05, 4.69) is 40.7 Å². The Morgan fingerprint density at radius 2 is 1.20 bits per heavy atom. The molecule has 0 saturated heterocycles. The fourth-order valence-electron chi connectivity index (χ4n) is 0. The Hall–Kier alpha value is 3.65. The van der Waals surface area contributed by atoms with Crippen LogP contribution in [0.1, 0.15) is 0 Å². The standard InChI is InChI=1S/Ag.Hg.I2Se/c;;1-3-2. The van der Waals surface area contributed by atoms with Crippen LogP contribution >= 0.6 is 40.7 Å². The van der Waals surface area contributed by atoms with Gasteiger partial charge in [-0.3, -0.25) is 0 Å². The molecule has 0 aromatic carbocycles. The number of rotatable bonds is 0. The molecular weight excluding hydrogens is 641 g/mol. The van der Waals surface area contributed by atoms with Crippen molar-refractivity contribution >= 4 is 49.1 Å². The van der Waals surface area contributed by atoms with Crippen LogP contribution in [0.2, 0.25) is 0 Å². The molecule has 0 aliphatic heterocycles. The molecule has 0 saturated carbocycles. The van der Waals surface area contributed by atoms with Crippen LogP contribution in [0, 0.1) is 0 Å². The largest absolute Gasteiger partial charge is 0 e. The van der Waals surface area contributed by atoms with Gasteiger partial charge in [0.05, 0.1) is 0 Å². The maximum Gasteiger partial charge on any atom is 0 e. The summed E-state index contributed by atoms with van der Waals surface area (Å²) >= 11 is 4.68. The van der Waals surface area contributed by atoms with Crippen LogP contribution < -0.4 is 0 Å². The van der Waals surface area contributed by atoms with E-state index in [1.165, 1.54) is 0 Å². The van der Waals surface area contributed by atoms with E-state index in [1.54, 1.807) is 0 Å². The summed E-state index contributed by atoms with van der Waals surface area (Å²) in [7, 11) is 0.815. The van der Waals surface area contributed by atoms with Crippen molar-refractivity contribution in [3.8, 4) is 0 Å². The Morgan fingerprint density at radius 3 is 1.20 bits per heavy atom. The van der Waals surface area contributed by atoms with Crippen molar-refractivity contribution in [1.82, 2.24) is 0 Å². The van der Waals surface area contributed by atoms with E-state index in [0.717, 1.165) is 8.46 Å². The third-order valence-corrected chi connectivity index (χ3v) is 0. The summed E-state index contributed by atoms with van der Waals surface area (Å²) in [6.07, 6.45) is 0. The Bertz CT molecular complexity index is 9.61. The molecule has 0 nitrogen and oxygen atoms in total. The first-order chi connectivity index (χ1) is 1.41. The fourth-order valence-corrected chi connectivity index (χ4v) is 0. The first-order valence-electron chi connectivity index (χ1n) is 0.309. The molecular formula is AgHgI2Se. The van der Waals surface area contributed by atoms with Crippen LogP contribution in [0.3, 0.4) is 0 Å². The van der Waals surface area contributed by atoms with Gasteiger partial charge in [0.25, 0.3) is 0 Å². The molecule has 0 atom stereocenters. The molecule has 0 rings (SSSR count). The molecule has 0 spiro atoms. The molecule has 1 radical (unpaired) electrons. The van der Waals surface area contributed by atoms with E-state index in [0.29, 0.717) is 0 Å².